The van der Waals surface area contributed by atoms with Gasteiger partial charge in [-0.25, -0.2) is 0 Å². The molecule has 0 unspecified atom stereocenters. The second-order valence-corrected chi connectivity index (χ2v) is 7.78. The average Bonchev–Trinajstić information content (AvgIpc) is 3.26. The average molecular weight is 433 g/mol. The number of nitrogens with zero attached hydrogens (tertiary/aromatic N) is 2. The number of carbonyl (C=O) groups is 2. The highest BCUT2D eigenvalue weighted by atomic mass is 16.5. The lowest BCUT2D eigenvalue weighted by Crippen LogP contribution is -2.37. The number of fused-ring (bicyclic) bond motifs is 1. The van der Waals surface area contributed by atoms with E-state index in [1.54, 1.807) is 17.0 Å². The van der Waals surface area contributed by atoms with Gasteiger partial charge in [-0.05, 0) is 37.5 Å². The van der Waals surface area contributed by atoms with Crippen molar-refractivity contribution >= 4 is 11.8 Å². The Morgan fingerprint density at radius 1 is 1.12 bits per heavy atom. The summed E-state index contributed by atoms with van der Waals surface area (Å²) in [7, 11) is 0. The molecule has 2 aromatic carbocycles. The largest absolute Gasteiger partial charge is 0.493 e. The third-order valence-electron chi connectivity index (χ3n) is 5.62. The molecule has 0 fully saturated rings. The van der Waals surface area contributed by atoms with E-state index in [-0.39, 0.29) is 11.8 Å². The minimum absolute atomic E-state index is 0.102. The predicted molar refractivity (Wildman–Crippen MR) is 122 cm³/mol. The van der Waals surface area contributed by atoms with Crippen LogP contribution in [0.4, 0.5) is 0 Å². The summed E-state index contributed by atoms with van der Waals surface area (Å²) in [4.78, 5) is 27.7. The fourth-order valence-electron chi connectivity index (χ4n) is 3.97. The Kier molecular flexibility index (Phi) is 6.84. The standard InChI is InChI=1S/C25H28N4O3/c1-2-32-22-13-7-6-12-19(22)25(31)29-16-14-21-20(17-29)23(28-27-21)24(30)26-15-8-11-18-9-4-3-5-10-18/h3-7,9-10,12-13H,2,8,11,14-17H2,1H3,(H,26,30)(H,27,28). The second-order valence-electron chi connectivity index (χ2n) is 7.78. The van der Waals surface area contributed by atoms with Crippen molar-refractivity contribution in [2.45, 2.75) is 32.7 Å². The molecule has 1 aliphatic heterocycles. The Labute approximate surface area is 187 Å². The number of nitrogens with one attached hydrogen (secondary N) is 2. The van der Waals surface area contributed by atoms with Crippen LogP contribution in [0, 0.1) is 0 Å². The van der Waals surface area contributed by atoms with Crippen LogP contribution in [0.1, 0.15) is 51.0 Å². The van der Waals surface area contributed by atoms with Crippen molar-refractivity contribution in [1.82, 2.24) is 20.4 Å². The van der Waals surface area contributed by atoms with Gasteiger partial charge in [0, 0.05) is 30.8 Å². The maximum absolute atomic E-state index is 13.2. The molecule has 3 aromatic rings. The molecule has 2 heterocycles. The third-order valence-corrected chi connectivity index (χ3v) is 5.62. The van der Waals surface area contributed by atoms with E-state index in [9.17, 15) is 9.59 Å². The first kappa shape index (κ1) is 21.6. The van der Waals surface area contributed by atoms with E-state index >= 15 is 0 Å². The Morgan fingerprint density at radius 3 is 2.72 bits per heavy atom. The fourth-order valence-corrected chi connectivity index (χ4v) is 3.97. The zero-order valence-corrected chi connectivity index (χ0v) is 18.3. The van der Waals surface area contributed by atoms with Crippen LogP contribution in [0.3, 0.4) is 0 Å². The molecule has 32 heavy (non-hydrogen) atoms. The molecule has 1 aromatic heterocycles. The van der Waals surface area contributed by atoms with E-state index in [4.69, 9.17) is 4.74 Å². The number of hydrogen-bond donors (Lipinski definition) is 2. The monoisotopic (exact) mass is 432 g/mol. The fraction of sp³-hybridized carbons (Fsp3) is 0.320. The van der Waals surface area contributed by atoms with E-state index in [2.05, 4.69) is 27.6 Å². The number of aryl methyl sites for hydroxylation is 1. The third kappa shape index (κ3) is 4.82. The quantitative estimate of drug-likeness (QED) is 0.535. The molecule has 7 heteroatoms. The number of aromatic amines is 1. The van der Waals surface area contributed by atoms with E-state index in [1.807, 2.05) is 37.3 Å². The van der Waals surface area contributed by atoms with E-state index < -0.39 is 0 Å². The molecule has 0 bridgehead atoms. The highest BCUT2D eigenvalue weighted by Crippen LogP contribution is 2.25. The number of H-pyrrole nitrogens is 1. The van der Waals surface area contributed by atoms with Gasteiger partial charge in [0.15, 0.2) is 5.69 Å². The number of amides is 2. The Bertz CT molecular complexity index is 1080. The minimum Gasteiger partial charge on any atom is -0.493 e. The highest BCUT2D eigenvalue weighted by Gasteiger charge is 2.29. The first-order chi connectivity index (χ1) is 15.7. The smallest absolute Gasteiger partial charge is 0.272 e. The predicted octanol–water partition coefficient (Wildman–Crippen LogP) is 3.37. The molecular formula is C25H28N4O3. The van der Waals surface area contributed by atoms with Crippen LogP contribution in [0.2, 0.25) is 0 Å². The van der Waals surface area contributed by atoms with Gasteiger partial charge in [0.05, 0.1) is 18.7 Å². The van der Waals surface area contributed by atoms with Crippen molar-refractivity contribution in [3.8, 4) is 5.75 Å². The van der Waals surface area contributed by atoms with Gasteiger partial charge >= 0.3 is 0 Å². The Hall–Kier alpha value is -3.61. The van der Waals surface area contributed by atoms with Crippen LogP contribution in [0.5, 0.6) is 5.75 Å². The van der Waals surface area contributed by atoms with Crippen LogP contribution >= 0.6 is 0 Å². The Balaban J connectivity index is 1.39. The van der Waals surface area contributed by atoms with Gasteiger partial charge in [-0.1, -0.05) is 42.5 Å². The zero-order chi connectivity index (χ0) is 22.3. The first-order valence-electron chi connectivity index (χ1n) is 11.1. The summed E-state index contributed by atoms with van der Waals surface area (Å²) in [6.07, 6.45) is 2.38. The molecule has 0 atom stereocenters. The van der Waals surface area contributed by atoms with Crippen molar-refractivity contribution in [2.75, 3.05) is 19.7 Å². The maximum Gasteiger partial charge on any atom is 0.272 e. The molecule has 0 radical (unpaired) electrons. The SMILES string of the molecule is CCOc1ccccc1C(=O)N1CCc2[nH]nc(C(=O)NCCCc3ccccc3)c2C1. The van der Waals surface area contributed by atoms with Crippen LogP contribution in [0.15, 0.2) is 54.6 Å². The van der Waals surface area contributed by atoms with Gasteiger partial charge in [0.1, 0.15) is 5.75 Å². The summed E-state index contributed by atoms with van der Waals surface area (Å²) in [6.45, 7) is 3.86. The van der Waals surface area contributed by atoms with E-state index in [0.717, 1.165) is 24.1 Å². The summed E-state index contributed by atoms with van der Waals surface area (Å²) < 4.78 is 5.62. The number of aromatic nitrogens is 2. The number of para-hydroxylation sites is 1. The number of hydrogen-bond acceptors (Lipinski definition) is 4. The first-order valence-corrected chi connectivity index (χ1v) is 11.1. The zero-order valence-electron chi connectivity index (χ0n) is 18.3. The van der Waals surface area contributed by atoms with Gasteiger partial charge < -0.3 is 15.0 Å². The normalized spacial score (nSPS) is 12.8. The van der Waals surface area contributed by atoms with Gasteiger partial charge in [-0.2, -0.15) is 5.10 Å². The lowest BCUT2D eigenvalue weighted by atomic mass is 10.0. The molecule has 0 aliphatic carbocycles. The molecule has 2 amide bonds. The summed E-state index contributed by atoms with van der Waals surface area (Å²) in [6, 6.07) is 17.5. The van der Waals surface area contributed by atoms with Crippen LogP contribution in [0.25, 0.3) is 0 Å². The number of benzene rings is 2. The van der Waals surface area contributed by atoms with Gasteiger partial charge in [-0.15, -0.1) is 0 Å². The van der Waals surface area contributed by atoms with Crippen molar-refractivity contribution in [1.29, 1.82) is 0 Å². The molecule has 4 rings (SSSR count). The van der Waals surface area contributed by atoms with Gasteiger partial charge in [0.25, 0.3) is 11.8 Å². The summed E-state index contributed by atoms with van der Waals surface area (Å²) >= 11 is 0. The molecule has 2 N–H and O–H groups in total. The molecule has 0 spiro atoms. The number of carbonyl (C=O) groups excluding carboxylic acids is 2. The molecule has 0 saturated carbocycles. The van der Waals surface area contributed by atoms with E-state index in [1.165, 1.54) is 5.56 Å². The summed E-state index contributed by atoms with van der Waals surface area (Å²) in [5.41, 5.74) is 3.87. The van der Waals surface area contributed by atoms with Crippen LogP contribution in [-0.2, 0) is 19.4 Å². The molecule has 1 aliphatic rings. The topological polar surface area (TPSA) is 87.3 Å². The summed E-state index contributed by atoms with van der Waals surface area (Å²) in [5, 5.41) is 10.2. The van der Waals surface area contributed by atoms with Crippen LogP contribution in [-0.4, -0.2) is 46.6 Å². The van der Waals surface area contributed by atoms with E-state index in [0.29, 0.717) is 49.7 Å². The van der Waals surface area contributed by atoms with Crippen molar-refractivity contribution < 1.29 is 14.3 Å². The van der Waals surface area contributed by atoms with Gasteiger partial charge in [-0.3, -0.25) is 14.7 Å². The number of ether oxygens (including phenoxy) is 1. The van der Waals surface area contributed by atoms with Crippen LogP contribution < -0.4 is 10.1 Å². The highest BCUT2D eigenvalue weighted by molar-refractivity contribution is 5.98. The number of rotatable bonds is 8. The molecule has 166 valence electrons. The minimum atomic E-state index is -0.209. The Morgan fingerprint density at radius 2 is 1.91 bits per heavy atom. The van der Waals surface area contributed by atoms with Gasteiger partial charge in [0.2, 0.25) is 0 Å². The molecular weight excluding hydrogens is 404 g/mol. The lowest BCUT2D eigenvalue weighted by molar-refractivity contribution is 0.0727. The van der Waals surface area contributed by atoms with Crippen molar-refractivity contribution in [3.05, 3.63) is 82.7 Å². The second kappa shape index (κ2) is 10.1. The maximum atomic E-state index is 13.2. The van der Waals surface area contributed by atoms with Crippen molar-refractivity contribution in [3.63, 3.8) is 0 Å². The lowest BCUT2D eigenvalue weighted by Gasteiger charge is -2.27. The summed E-state index contributed by atoms with van der Waals surface area (Å²) in [5.74, 6) is 0.268. The van der Waals surface area contributed by atoms with Crippen molar-refractivity contribution in [2.24, 2.45) is 0 Å². The molecule has 0 saturated heterocycles. The molecule has 7 nitrogen and oxygen atoms in total.